The molecule has 2 aromatic heterocycles. The molecule has 1 fully saturated rings. The lowest BCUT2D eigenvalue weighted by atomic mass is 10.2. The van der Waals surface area contributed by atoms with Gasteiger partial charge >= 0.3 is 0 Å². The Morgan fingerprint density at radius 3 is 3.00 bits per heavy atom. The van der Waals surface area contributed by atoms with Gasteiger partial charge in [0.2, 0.25) is 5.91 Å². The number of hydrogen-bond acceptors (Lipinski definition) is 5. The number of nitrogens with one attached hydrogen (secondary N) is 2. The molecule has 2 N–H and O–H groups in total. The summed E-state index contributed by atoms with van der Waals surface area (Å²) in [5, 5.41) is 7.39. The van der Waals surface area contributed by atoms with Crippen LogP contribution in [0.4, 0.5) is 5.82 Å². The summed E-state index contributed by atoms with van der Waals surface area (Å²) in [6.45, 7) is 2.66. The molecule has 1 saturated carbocycles. The van der Waals surface area contributed by atoms with E-state index in [1.165, 1.54) is 17.7 Å². The Balaban J connectivity index is 1.53. The summed E-state index contributed by atoms with van der Waals surface area (Å²) in [6.07, 6.45) is 6.77. The van der Waals surface area contributed by atoms with Crippen molar-refractivity contribution in [2.24, 2.45) is 0 Å². The van der Waals surface area contributed by atoms with E-state index in [0.29, 0.717) is 19.0 Å². The van der Waals surface area contributed by atoms with Crippen LogP contribution in [-0.4, -0.2) is 28.5 Å². The van der Waals surface area contributed by atoms with Gasteiger partial charge in [0.05, 0.1) is 5.39 Å². The van der Waals surface area contributed by atoms with Crippen molar-refractivity contribution in [3.05, 3.63) is 17.3 Å². The van der Waals surface area contributed by atoms with Gasteiger partial charge in [0.1, 0.15) is 17.0 Å². The standard InChI is InChI=1S/C15H20N4OS/c1-10-8-12-14(17-9-18-15(12)21-10)16-7-6-13(20)19-11-4-2-3-5-11/h8-9,11H,2-7H2,1H3,(H,19,20)(H,16,17,18). The summed E-state index contributed by atoms with van der Waals surface area (Å²) in [7, 11) is 0. The average Bonchev–Trinajstić information content (AvgIpc) is 3.07. The van der Waals surface area contributed by atoms with Gasteiger partial charge in [-0.15, -0.1) is 11.3 Å². The van der Waals surface area contributed by atoms with E-state index in [2.05, 4.69) is 33.6 Å². The van der Waals surface area contributed by atoms with Gasteiger partial charge < -0.3 is 10.6 Å². The normalized spacial score (nSPS) is 15.5. The molecular weight excluding hydrogens is 284 g/mol. The Labute approximate surface area is 128 Å². The van der Waals surface area contributed by atoms with Crippen molar-refractivity contribution in [1.82, 2.24) is 15.3 Å². The van der Waals surface area contributed by atoms with Crippen LogP contribution in [-0.2, 0) is 4.79 Å². The highest BCUT2D eigenvalue weighted by Gasteiger charge is 2.16. The molecule has 6 heteroatoms. The zero-order valence-corrected chi connectivity index (χ0v) is 13.0. The van der Waals surface area contributed by atoms with Gasteiger partial charge in [-0.05, 0) is 25.8 Å². The Bertz CT molecular complexity index is 634. The SMILES string of the molecule is Cc1cc2c(NCCC(=O)NC3CCCC3)ncnc2s1. The van der Waals surface area contributed by atoms with Gasteiger partial charge in [-0.25, -0.2) is 9.97 Å². The molecule has 2 heterocycles. The highest BCUT2D eigenvalue weighted by Crippen LogP contribution is 2.27. The first kappa shape index (κ1) is 14.3. The van der Waals surface area contributed by atoms with Crippen LogP contribution in [0.25, 0.3) is 10.2 Å². The maximum Gasteiger partial charge on any atom is 0.221 e. The number of aromatic nitrogens is 2. The van der Waals surface area contributed by atoms with E-state index in [-0.39, 0.29) is 5.91 Å². The lowest BCUT2D eigenvalue weighted by Crippen LogP contribution is -2.33. The fourth-order valence-electron chi connectivity index (χ4n) is 2.78. The topological polar surface area (TPSA) is 66.9 Å². The van der Waals surface area contributed by atoms with Crippen molar-refractivity contribution in [3.63, 3.8) is 0 Å². The molecule has 0 bridgehead atoms. The molecular formula is C15H20N4OS. The molecule has 1 aliphatic rings. The Morgan fingerprint density at radius 1 is 1.38 bits per heavy atom. The van der Waals surface area contributed by atoms with Crippen LogP contribution in [0.15, 0.2) is 12.4 Å². The first-order valence-electron chi connectivity index (χ1n) is 7.47. The minimum Gasteiger partial charge on any atom is -0.369 e. The number of hydrogen-bond donors (Lipinski definition) is 2. The number of aryl methyl sites for hydroxylation is 1. The third kappa shape index (κ3) is 3.50. The van der Waals surface area contributed by atoms with E-state index in [1.807, 2.05) is 0 Å². The second-order valence-corrected chi connectivity index (χ2v) is 6.76. The zero-order chi connectivity index (χ0) is 14.7. The van der Waals surface area contributed by atoms with Gasteiger partial charge in [-0.2, -0.15) is 0 Å². The van der Waals surface area contributed by atoms with Gasteiger partial charge in [0, 0.05) is 23.9 Å². The maximum absolute atomic E-state index is 11.9. The Kier molecular flexibility index (Phi) is 4.34. The molecule has 0 unspecified atom stereocenters. The lowest BCUT2D eigenvalue weighted by Gasteiger charge is -2.12. The third-order valence-corrected chi connectivity index (χ3v) is 4.78. The predicted molar refractivity (Wildman–Crippen MR) is 85.7 cm³/mol. The van der Waals surface area contributed by atoms with Crippen molar-refractivity contribution in [3.8, 4) is 0 Å². The summed E-state index contributed by atoms with van der Waals surface area (Å²) >= 11 is 1.66. The van der Waals surface area contributed by atoms with E-state index >= 15 is 0 Å². The number of fused-ring (bicyclic) bond motifs is 1. The summed E-state index contributed by atoms with van der Waals surface area (Å²) < 4.78 is 0. The van der Waals surface area contributed by atoms with Crippen molar-refractivity contribution in [2.45, 2.75) is 45.1 Å². The molecule has 1 aliphatic carbocycles. The van der Waals surface area contributed by atoms with Crippen molar-refractivity contribution in [2.75, 3.05) is 11.9 Å². The number of thiophene rings is 1. The number of rotatable bonds is 5. The summed E-state index contributed by atoms with van der Waals surface area (Å²) in [5.41, 5.74) is 0. The van der Waals surface area contributed by atoms with Gasteiger partial charge in [-0.1, -0.05) is 12.8 Å². The van der Waals surface area contributed by atoms with Gasteiger partial charge in [-0.3, -0.25) is 4.79 Å². The molecule has 112 valence electrons. The summed E-state index contributed by atoms with van der Waals surface area (Å²) in [6, 6.07) is 2.48. The van der Waals surface area contributed by atoms with E-state index in [9.17, 15) is 4.79 Å². The second kappa shape index (κ2) is 6.39. The molecule has 0 spiro atoms. The molecule has 5 nitrogen and oxygen atoms in total. The smallest absolute Gasteiger partial charge is 0.221 e. The molecule has 3 rings (SSSR count). The Hall–Kier alpha value is -1.69. The molecule has 0 aromatic carbocycles. The first-order chi connectivity index (χ1) is 10.2. The molecule has 21 heavy (non-hydrogen) atoms. The van der Waals surface area contributed by atoms with E-state index < -0.39 is 0 Å². The van der Waals surface area contributed by atoms with E-state index in [0.717, 1.165) is 28.9 Å². The monoisotopic (exact) mass is 304 g/mol. The van der Waals surface area contributed by atoms with Crippen molar-refractivity contribution < 1.29 is 4.79 Å². The zero-order valence-electron chi connectivity index (χ0n) is 12.2. The highest BCUT2D eigenvalue weighted by molar-refractivity contribution is 7.18. The number of amides is 1. The summed E-state index contributed by atoms with van der Waals surface area (Å²) in [4.78, 5) is 22.6. The Morgan fingerprint density at radius 2 is 2.19 bits per heavy atom. The average molecular weight is 304 g/mol. The molecule has 0 aliphatic heterocycles. The van der Waals surface area contributed by atoms with Crippen LogP contribution in [0.1, 0.15) is 37.0 Å². The number of carbonyl (C=O) groups excluding carboxylic acids is 1. The van der Waals surface area contributed by atoms with Crippen LogP contribution < -0.4 is 10.6 Å². The lowest BCUT2D eigenvalue weighted by molar-refractivity contribution is -0.121. The van der Waals surface area contributed by atoms with Crippen molar-refractivity contribution in [1.29, 1.82) is 0 Å². The van der Waals surface area contributed by atoms with Crippen molar-refractivity contribution >= 4 is 33.3 Å². The van der Waals surface area contributed by atoms with Gasteiger partial charge in [0.25, 0.3) is 0 Å². The molecule has 2 aromatic rings. The highest BCUT2D eigenvalue weighted by atomic mass is 32.1. The fraction of sp³-hybridized carbons (Fsp3) is 0.533. The quantitative estimate of drug-likeness (QED) is 0.891. The molecule has 0 saturated heterocycles. The number of anilines is 1. The van der Waals surface area contributed by atoms with Crippen LogP contribution in [0.5, 0.6) is 0 Å². The van der Waals surface area contributed by atoms with E-state index in [4.69, 9.17) is 0 Å². The number of nitrogens with zero attached hydrogens (tertiary/aromatic N) is 2. The molecule has 0 atom stereocenters. The largest absolute Gasteiger partial charge is 0.369 e. The van der Waals surface area contributed by atoms with Crippen LogP contribution in [0.2, 0.25) is 0 Å². The van der Waals surface area contributed by atoms with Crippen LogP contribution >= 0.6 is 11.3 Å². The van der Waals surface area contributed by atoms with Crippen LogP contribution in [0.3, 0.4) is 0 Å². The van der Waals surface area contributed by atoms with Gasteiger partial charge in [0.15, 0.2) is 0 Å². The number of carbonyl (C=O) groups is 1. The minimum absolute atomic E-state index is 0.126. The first-order valence-corrected chi connectivity index (χ1v) is 8.28. The van der Waals surface area contributed by atoms with Crippen LogP contribution in [0, 0.1) is 6.92 Å². The predicted octanol–water partition coefficient (Wildman–Crippen LogP) is 2.86. The minimum atomic E-state index is 0.126. The fourth-order valence-corrected chi connectivity index (χ4v) is 3.63. The third-order valence-electron chi connectivity index (χ3n) is 3.82. The molecule has 0 radical (unpaired) electrons. The van der Waals surface area contributed by atoms with E-state index in [1.54, 1.807) is 17.7 Å². The molecule has 1 amide bonds. The second-order valence-electron chi connectivity index (χ2n) is 5.52. The summed E-state index contributed by atoms with van der Waals surface area (Å²) in [5.74, 6) is 0.944. The maximum atomic E-state index is 11.9.